The molecule has 0 bridgehead atoms. The van der Waals surface area contributed by atoms with E-state index in [2.05, 4.69) is 10.6 Å². The molecule has 10 nitrogen and oxygen atoms in total. The third-order valence-electron chi connectivity index (χ3n) is 5.55. The fraction of sp³-hybridized carbons (Fsp3) is 0.250. The average molecular weight is 498 g/mol. The minimum absolute atomic E-state index is 0.139. The smallest absolute Gasteiger partial charge is 0.341 e. The number of carbonyl (C=O) groups excluding carboxylic acids is 4. The fourth-order valence-corrected chi connectivity index (χ4v) is 4.69. The maximum absolute atomic E-state index is 13.1. The molecule has 0 unspecified atom stereocenters. The third kappa shape index (κ3) is 4.50. The lowest BCUT2D eigenvalue weighted by atomic mass is 9.92. The van der Waals surface area contributed by atoms with Crippen LogP contribution in [0.15, 0.2) is 52.5 Å². The van der Waals surface area contributed by atoms with Gasteiger partial charge in [0.15, 0.2) is 0 Å². The molecule has 0 aliphatic carbocycles. The van der Waals surface area contributed by atoms with E-state index in [9.17, 15) is 19.2 Å². The molecule has 3 aromatic rings. The molecule has 1 saturated heterocycles. The molecule has 1 aliphatic heterocycles. The minimum Gasteiger partial charge on any atom is -0.497 e. The van der Waals surface area contributed by atoms with Gasteiger partial charge >= 0.3 is 12.0 Å². The van der Waals surface area contributed by atoms with E-state index < -0.39 is 35.9 Å². The van der Waals surface area contributed by atoms with Crippen LogP contribution in [0.2, 0.25) is 0 Å². The Balaban J connectivity index is 1.53. The quantitative estimate of drug-likeness (QED) is 0.360. The van der Waals surface area contributed by atoms with Crippen LogP contribution in [0.4, 0.5) is 9.80 Å². The van der Waals surface area contributed by atoms with Crippen LogP contribution in [0.1, 0.15) is 29.8 Å². The number of imide groups is 1. The van der Waals surface area contributed by atoms with Gasteiger partial charge in [0, 0.05) is 10.9 Å². The summed E-state index contributed by atoms with van der Waals surface area (Å²) in [4.78, 5) is 52.1. The summed E-state index contributed by atoms with van der Waals surface area (Å²) in [6.07, 6.45) is 1.47. The molecule has 0 saturated carbocycles. The van der Waals surface area contributed by atoms with Gasteiger partial charge in [0.05, 0.1) is 20.0 Å². The number of amides is 4. The zero-order chi connectivity index (χ0) is 25.2. The highest BCUT2D eigenvalue weighted by molar-refractivity contribution is 7.15. The Morgan fingerprint density at radius 1 is 1.20 bits per heavy atom. The van der Waals surface area contributed by atoms with Gasteiger partial charge in [0.1, 0.15) is 34.2 Å². The number of carbonyl (C=O) groups is 4. The molecule has 182 valence electrons. The topological polar surface area (TPSA) is 127 Å². The van der Waals surface area contributed by atoms with E-state index in [0.29, 0.717) is 22.6 Å². The molecule has 11 heteroatoms. The van der Waals surface area contributed by atoms with Crippen molar-refractivity contribution in [1.82, 2.24) is 10.2 Å². The molecular formula is C24H23N3O7S. The number of hydrogen-bond acceptors (Lipinski definition) is 8. The van der Waals surface area contributed by atoms with Crippen LogP contribution in [0, 0.1) is 0 Å². The van der Waals surface area contributed by atoms with Crippen molar-refractivity contribution in [2.45, 2.75) is 19.4 Å². The van der Waals surface area contributed by atoms with Gasteiger partial charge in [0.2, 0.25) is 5.91 Å². The van der Waals surface area contributed by atoms with E-state index in [-0.39, 0.29) is 17.2 Å². The zero-order valence-electron chi connectivity index (χ0n) is 19.2. The molecule has 0 spiro atoms. The van der Waals surface area contributed by atoms with E-state index >= 15 is 0 Å². The van der Waals surface area contributed by atoms with Gasteiger partial charge in [-0.1, -0.05) is 12.1 Å². The average Bonchev–Trinajstić information content (AvgIpc) is 3.56. The lowest BCUT2D eigenvalue weighted by Gasteiger charge is -2.22. The first-order valence-electron chi connectivity index (χ1n) is 10.7. The van der Waals surface area contributed by atoms with Crippen LogP contribution in [-0.2, 0) is 19.9 Å². The number of urea groups is 1. The van der Waals surface area contributed by atoms with E-state index in [1.54, 1.807) is 55.6 Å². The zero-order valence-corrected chi connectivity index (χ0v) is 20.1. The second-order valence-electron chi connectivity index (χ2n) is 7.77. The molecule has 1 atom stereocenters. The molecule has 4 amide bonds. The molecular weight excluding hydrogens is 474 g/mol. The lowest BCUT2D eigenvalue weighted by molar-refractivity contribution is -0.133. The summed E-state index contributed by atoms with van der Waals surface area (Å²) in [5, 5.41) is 7.17. The van der Waals surface area contributed by atoms with Gasteiger partial charge in [-0.2, -0.15) is 0 Å². The first kappa shape index (κ1) is 24.0. The summed E-state index contributed by atoms with van der Waals surface area (Å²) < 4.78 is 15.7. The highest BCUT2D eigenvalue weighted by Gasteiger charge is 2.49. The number of furan rings is 1. The number of nitrogens with zero attached hydrogens (tertiary/aromatic N) is 1. The van der Waals surface area contributed by atoms with Crippen LogP contribution in [0.3, 0.4) is 0 Å². The second kappa shape index (κ2) is 9.63. The van der Waals surface area contributed by atoms with Gasteiger partial charge in [0.25, 0.3) is 5.91 Å². The van der Waals surface area contributed by atoms with Gasteiger partial charge < -0.3 is 24.5 Å². The first-order chi connectivity index (χ1) is 16.8. The van der Waals surface area contributed by atoms with Gasteiger partial charge in [-0.25, -0.2) is 9.59 Å². The fourth-order valence-electron chi connectivity index (χ4n) is 3.74. The van der Waals surface area contributed by atoms with Crippen LogP contribution in [0.25, 0.3) is 11.3 Å². The molecule has 3 heterocycles. The number of esters is 1. The Morgan fingerprint density at radius 2 is 1.94 bits per heavy atom. The predicted molar refractivity (Wildman–Crippen MR) is 127 cm³/mol. The number of benzene rings is 1. The van der Waals surface area contributed by atoms with Crippen molar-refractivity contribution in [3.8, 4) is 17.1 Å². The molecule has 2 N–H and O–H groups in total. The Kier molecular flexibility index (Phi) is 6.61. The second-order valence-corrected chi connectivity index (χ2v) is 8.65. The first-order valence-corrected chi connectivity index (χ1v) is 11.6. The number of methoxy groups -OCH3 is 1. The Hall–Kier alpha value is -4.12. The number of hydrogen-bond donors (Lipinski definition) is 2. The molecule has 4 rings (SSSR count). The summed E-state index contributed by atoms with van der Waals surface area (Å²) in [7, 11) is 1.53. The summed E-state index contributed by atoms with van der Waals surface area (Å²) in [6, 6.07) is 9.37. The van der Waals surface area contributed by atoms with E-state index in [4.69, 9.17) is 13.9 Å². The number of nitrogens with one attached hydrogen (secondary N) is 2. The van der Waals surface area contributed by atoms with Gasteiger partial charge in [-0.05, 0) is 43.7 Å². The molecule has 1 aliphatic rings. The maximum Gasteiger partial charge on any atom is 0.341 e. The van der Waals surface area contributed by atoms with Crippen LogP contribution in [-0.4, -0.2) is 49.0 Å². The summed E-state index contributed by atoms with van der Waals surface area (Å²) in [5.74, 6) is -0.805. The lowest BCUT2D eigenvalue weighted by Crippen LogP contribution is -2.42. The van der Waals surface area contributed by atoms with Crippen molar-refractivity contribution >= 4 is 40.2 Å². The van der Waals surface area contributed by atoms with Crippen molar-refractivity contribution in [1.29, 1.82) is 0 Å². The van der Waals surface area contributed by atoms with Gasteiger partial charge in [-0.3, -0.25) is 14.5 Å². The highest BCUT2D eigenvalue weighted by Crippen LogP contribution is 2.37. The van der Waals surface area contributed by atoms with Crippen LogP contribution < -0.4 is 15.4 Å². The van der Waals surface area contributed by atoms with Crippen molar-refractivity contribution in [2.75, 3.05) is 25.6 Å². The summed E-state index contributed by atoms with van der Waals surface area (Å²) >= 11 is 1.11. The summed E-state index contributed by atoms with van der Waals surface area (Å²) in [6.45, 7) is 2.85. The largest absolute Gasteiger partial charge is 0.497 e. The Labute approximate surface area is 204 Å². The number of ether oxygens (including phenoxy) is 2. The van der Waals surface area contributed by atoms with Crippen molar-refractivity contribution in [2.24, 2.45) is 0 Å². The normalized spacial score (nSPS) is 17.3. The van der Waals surface area contributed by atoms with E-state index in [0.717, 1.165) is 16.2 Å². The molecule has 1 aromatic carbocycles. The van der Waals surface area contributed by atoms with Crippen LogP contribution >= 0.6 is 11.3 Å². The standard InChI is InChI=1S/C24H23N3O7S/c1-4-33-21(29)19-16(17-6-5-11-34-17)13-35-20(19)25-18(28)12-27-22(30)24(2,26-23(27)31)14-7-9-15(32-3)10-8-14/h5-11,13H,4,12H2,1-3H3,(H,25,28)(H,26,31)/t24-/m0/s1. The predicted octanol–water partition coefficient (Wildman–Crippen LogP) is 3.60. The SMILES string of the molecule is CCOC(=O)c1c(-c2ccco2)csc1NC(=O)CN1C(=O)N[C@@](C)(c2ccc(OC)cc2)C1=O. The molecule has 2 aromatic heterocycles. The molecule has 0 radical (unpaired) electrons. The third-order valence-corrected chi connectivity index (χ3v) is 6.45. The maximum atomic E-state index is 13.1. The highest BCUT2D eigenvalue weighted by atomic mass is 32.1. The molecule has 1 fully saturated rings. The number of thiophene rings is 1. The van der Waals surface area contributed by atoms with Crippen LogP contribution in [0.5, 0.6) is 5.75 Å². The van der Waals surface area contributed by atoms with Crippen molar-refractivity contribution in [3.63, 3.8) is 0 Å². The van der Waals surface area contributed by atoms with Gasteiger partial charge in [-0.15, -0.1) is 11.3 Å². The monoisotopic (exact) mass is 497 g/mol. The molecule has 35 heavy (non-hydrogen) atoms. The number of rotatable bonds is 8. The Morgan fingerprint density at radius 3 is 2.57 bits per heavy atom. The van der Waals surface area contributed by atoms with Crippen molar-refractivity contribution in [3.05, 3.63) is 59.2 Å². The van der Waals surface area contributed by atoms with E-state index in [1.807, 2.05) is 0 Å². The summed E-state index contributed by atoms with van der Waals surface area (Å²) in [5.41, 5.74) is -0.184. The minimum atomic E-state index is -1.34. The van der Waals surface area contributed by atoms with Crippen molar-refractivity contribution < 1.29 is 33.1 Å². The number of anilines is 1. The Bertz CT molecular complexity index is 1270. The van der Waals surface area contributed by atoms with E-state index in [1.165, 1.54) is 13.4 Å².